The zero-order valence-electron chi connectivity index (χ0n) is 17.7. The van der Waals surface area contributed by atoms with Crippen molar-refractivity contribution in [2.24, 2.45) is 0 Å². The summed E-state index contributed by atoms with van der Waals surface area (Å²) in [7, 11) is 0. The molecule has 0 bridgehead atoms. The Labute approximate surface area is 181 Å². The van der Waals surface area contributed by atoms with Gasteiger partial charge in [-0.15, -0.1) is 0 Å². The van der Waals surface area contributed by atoms with Gasteiger partial charge in [0.1, 0.15) is 11.5 Å². The lowest BCUT2D eigenvalue weighted by Gasteiger charge is -2.18. The first-order valence-electron chi connectivity index (χ1n) is 10.5. The molecule has 0 aliphatic rings. The van der Waals surface area contributed by atoms with Crippen molar-refractivity contribution in [2.45, 2.75) is 51.9 Å². The predicted molar refractivity (Wildman–Crippen MR) is 116 cm³/mol. The third-order valence-electron chi connectivity index (χ3n) is 5.30. The number of hydrogen-bond donors (Lipinski definition) is 1. The highest BCUT2D eigenvalue weighted by Gasteiger charge is 2.32. The smallest absolute Gasteiger partial charge is 0.361 e. The van der Waals surface area contributed by atoms with Crippen LogP contribution in [0.2, 0.25) is 0 Å². The molecule has 4 rings (SSSR count). The summed E-state index contributed by atoms with van der Waals surface area (Å²) in [5.74, 6) is 0.448. The molecule has 0 unspecified atom stereocenters. The summed E-state index contributed by atoms with van der Waals surface area (Å²) in [5, 5.41) is 8.08. The summed E-state index contributed by atoms with van der Waals surface area (Å²) in [4.78, 5) is 21.0. The van der Waals surface area contributed by atoms with Crippen LogP contribution in [0.5, 0.6) is 0 Å². The lowest BCUT2D eigenvalue weighted by molar-refractivity contribution is -0.141. The van der Waals surface area contributed by atoms with E-state index in [1.165, 1.54) is 18.2 Å². The molecule has 0 radical (unpaired) electrons. The molecule has 7 nitrogen and oxygen atoms in total. The molecule has 1 atom stereocenters. The van der Waals surface area contributed by atoms with Crippen molar-refractivity contribution in [2.75, 3.05) is 5.32 Å². The van der Waals surface area contributed by atoms with E-state index in [0.29, 0.717) is 28.9 Å². The van der Waals surface area contributed by atoms with E-state index in [2.05, 4.69) is 27.3 Å². The fourth-order valence-electron chi connectivity index (χ4n) is 3.61. The number of rotatable bonds is 7. The summed E-state index contributed by atoms with van der Waals surface area (Å²) in [6.07, 6.45) is 1.70. The van der Waals surface area contributed by atoms with Crippen LogP contribution in [0.3, 0.4) is 0 Å². The maximum Gasteiger partial charge on any atom is 0.433 e. The van der Waals surface area contributed by atoms with Crippen molar-refractivity contribution in [3.8, 4) is 0 Å². The van der Waals surface area contributed by atoms with Crippen molar-refractivity contribution < 1.29 is 13.2 Å². The molecule has 0 saturated carbocycles. The number of alkyl halides is 3. The van der Waals surface area contributed by atoms with Gasteiger partial charge in [0.2, 0.25) is 0 Å². The van der Waals surface area contributed by atoms with Crippen LogP contribution in [0.4, 0.5) is 19.0 Å². The van der Waals surface area contributed by atoms with Gasteiger partial charge >= 0.3 is 6.18 Å². The summed E-state index contributed by atoms with van der Waals surface area (Å²) in [6.45, 7) is 4.38. The Morgan fingerprint density at radius 3 is 2.72 bits per heavy atom. The average Bonchev–Trinajstić information content (AvgIpc) is 3.23. The van der Waals surface area contributed by atoms with Crippen LogP contribution in [-0.4, -0.2) is 24.1 Å². The SMILES string of the molecule is CCCCCn1cc2c(N[C@H](C)c3cccc(C(F)(F)F)n3)nc3ccnn3c2cc1=O. The number of nitrogens with zero attached hydrogens (tertiary/aromatic N) is 5. The van der Waals surface area contributed by atoms with Crippen LogP contribution >= 0.6 is 0 Å². The van der Waals surface area contributed by atoms with Gasteiger partial charge in [-0.3, -0.25) is 4.79 Å². The summed E-state index contributed by atoms with van der Waals surface area (Å²) < 4.78 is 42.4. The highest BCUT2D eigenvalue weighted by atomic mass is 19.4. The molecule has 4 aromatic rings. The number of hydrogen-bond acceptors (Lipinski definition) is 5. The van der Waals surface area contributed by atoms with E-state index in [1.807, 2.05) is 0 Å². The van der Waals surface area contributed by atoms with E-state index in [9.17, 15) is 18.0 Å². The minimum atomic E-state index is -4.52. The second-order valence-electron chi connectivity index (χ2n) is 7.68. The molecule has 168 valence electrons. The van der Waals surface area contributed by atoms with E-state index in [1.54, 1.807) is 34.5 Å². The number of halogens is 3. The van der Waals surface area contributed by atoms with Crippen LogP contribution in [0.15, 0.2) is 47.5 Å². The Morgan fingerprint density at radius 2 is 1.97 bits per heavy atom. The molecule has 0 saturated heterocycles. The quantitative estimate of drug-likeness (QED) is 0.414. The van der Waals surface area contributed by atoms with E-state index >= 15 is 0 Å². The van der Waals surface area contributed by atoms with Gasteiger partial charge in [0.25, 0.3) is 5.56 Å². The van der Waals surface area contributed by atoms with Gasteiger partial charge in [-0.05, 0) is 25.5 Å². The fourth-order valence-corrected chi connectivity index (χ4v) is 3.61. The Bertz CT molecular complexity index is 1310. The maximum atomic E-state index is 13.1. The van der Waals surface area contributed by atoms with E-state index in [-0.39, 0.29) is 11.3 Å². The van der Waals surface area contributed by atoms with Gasteiger partial charge in [-0.25, -0.2) is 14.5 Å². The molecule has 0 aliphatic heterocycles. The summed E-state index contributed by atoms with van der Waals surface area (Å²) in [6, 6.07) is 6.47. The van der Waals surface area contributed by atoms with Crippen LogP contribution in [0, 0.1) is 0 Å². The number of anilines is 1. The van der Waals surface area contributed by atoms with Crippen molar-refractivity contribution in [3.63, 3.8) is 0 Å². The number of pyridine rings is 2. The zero-order valence-corrected chi connectivity index (χ0v) is 17.7. The maximum absolute atomic E-state index is 13.1. The lowest BCUT2D eigenvalue weighted by atomic mass is 10.2. The highest BCUT2D eigenvalue weighted by Crippen LogP contribution is 2.30. The minimum absolute atomic E-state index is 0.143. The Kier molecular flexibility index (Phi) is 5.86. The van der Waals surface area contributed by atoms with E-state index < -0.39 is 17.9 Å². The van der Waals surface area contributed by atoms with Crippen LogP contribution < -0.4 is 10.9 Å². The van der Waals surface area contributed by atoms with Crippen LogP contribution in [0.25, 0.3) is 16.6 Å². The van der Waals surface area contributed by atoms with Crippen LogP contribution in [0.1, 0.15) is 50.5 Å². The second kappa shape index (κ2) is 8.60. The normalized spacial score (nSPS) is 13.0. The van der Waals surface area contributed by atoms with Gasteiger partial charge in [0.05, 0.1) is 28.8 Å². The number of unbranched alkanes of at least 4 members (excludes halogenated alkanes) is 2. The van der Waals surface area contributed by atoms with E-state index in [4.69, 9.17) is 0 Å². The lowest BCUT2D eigenvalue weighted by Crippen LogP contribution is -2.20. The third-order valence-corrected chi connectivity index (χ3v) is 5.30. The Hall–Kier alpha value is -3.43. The molecule has 0 fully saturated rings. The van der Waals surface area contributed by atoms with Crippen LogP contribution in [-0.2, 0) is 12.7 Å². The molecule has 0 amide bonds. The molecule has 0 aliphatic carbocycles. The summed E-state index contributed by atoms with van der Waals surface area (Å²) >= 11 is 0. The van der Waals surface area contributed by atoms with Gasteiger partial charge in [-0.2, -0.15) is 18.3 Å². The van der Waals surface area contributed by atoms with Gasteiger partial charge in [0, 0.05) is 24.9 Å². The largest absolute Gasteiger partial charge is 0.433 e. The van der Waals surface area contributed by atoms with Gasteiger partial charge < -0.3 is 9.88 Å². The van der Waals surface area contributed by atoms with E-state index in [0.717, 1.165) is 25.3 Å². The first-order valence-corrected chi connectivity index (χ1v) is 10.5. The highest BCUT2D eigenvalue weighted by molar-refractivity contribution is 5.90. The second-order valence-corrected chi connectivity index (χ2v) is 7.68. The van der Waals surface area contributed by atoms with Crippen molar-refractivity contribution in [1.82, 2.24) is 24.1 Å². The first kappa shape index (κ1) is 21.8. The molecule has 32 heavy (non-hydrogen) atoms. The fraction of sp³-hybridized carbons (Fsp3) is 0.364. The minimum Gasteiger partial charge on any atom is -0.361 e. The average molecular weight is 444 g/mol. The third kappa shape index (κ3) is 4.30. The molecule has 4 heterocycles. The zero-order chi connectivity index (χ0) is 22.9. The standard InChI is InChI=1S/C22H23F3N6O/c1-3-4-5-11-30-13-15-17(12-20(30)32)31-19(9-10-26-31)29-21(15)27-14(2)16-7-6-8-18(28-16)22(23,24)25/h6-10,12-14H,3-5,11H2,1-2H3,(H,27,29)/t14-/m1/s1. The number of nitrogens with one attached hydrogen (secondary N) is 1. The number of aryl methyl sites for hydroxylation is 1. The molecule has 0 spiro atoms. The predicted octanol–water partition coefficient (Wildman–Crippen LogP) is 4.82. The molecular weight excluding hydrogens is 421 g/mol. The topological polar surface area (TPSA) is 77.1 Å². The number of aromatic nitrogens is 5. The Balaban J connectivity index is 1.76. The molecular formula is C22H23F3N6O. The van der Waals surface area contributed by atoms with Gasteiger partial charge in [-0.1, -0.05) is 25.8 Å². The molecule has 10 heteroatoms. The molecule has 1 N–H and O–H groups in total. The molecule has 4 aromatic heterocycles. The van der Waals surface area contributed by atoms with Gasteiger partial charge in [0.15, 0.2) is 5.65 Å². The number of fused-ring (bicyclic) bond motifs is 3. The molecule has 0 aromatic carbocycles. The first-order chi connectivity index (χ1) is 15.3. The van der Waals surface area contributed by atoms with Crippen molar-refractivity contribution >= 4 is 22.4 Å². The monoisotopic (exact) mass is 444 g/mol. The van der Waals surface area contributed by atoms with Crippen molar-refractivity contribution in [3.05, 3.63) is 64.5 Å². The summed E-state index contributed by atoms with van der Waals surface area (Å²) in [5.41, 5.74) is 0.239. The Morgan fingerprint density at radius 1 is 1.16 bits per heavy atom. The van der Waals surface area contributed by atoms with Crippen molar-refractivity contribution in [1.29, 1.82) is 0 Å².